The van der Waals surface area contributed by atoms with Crippen LogP contribution in [-0.2, 0) is 11.2 Å². The monoisotopic (exact) mass is 326 g/mol. The highest BCUT2D eigenvalue weighted by Gasteiger charge is 2.37. The summed E-state index contributed by atoms with van der Waals surface area (Å²) in [5, 5.41) is 4.21. The Morgan fingerprint density at radius 2 is 2.00 bits per heavy atom. The first-order valence-corrected chi connectivity index (χ1v) is 8.33. The Hall–Kier alpha value is -0.770. The number of piperidine rings is 3. The SMILES string of the molecule is O=C(NCCc1ccc(Cl)c(Cl)c1)C1CN2CCC1CC2. The molecule has 1 atom stereocenters. The molecule has 3 saturated heterocycles. The van der Waals surface area contributed by atoms with Crippen molar-refractivity contribution in [1.82, 2.24) is 10.2 Å². The Bertz CT molecular complexity index is 527. The largest absolute Gasteiger partial charge is 0.355 e. The molecule has 3 heterocycles. The van der Waals surface area contributed by atoms with Gasteiger partial charge in [-0.1, -0.05) is 29.3 Å². The number of rotatable bonds is 4. The van der Waals surface area contributed by atoms with Crippen molar-refractivity contribution < 1.29 is 4.79 Å². The smallest absolute Gasteiger partial charge is 0.224 e. The number of carbonyl (C=O) groups excluding carboxylic acids is 1. The lowest BCUT2D eigenvalue weighted by Crippen LogP contribution is -2.52. The molecule has 3 nitrogen and oxygen atoms in total. The maximum Gasteiger partial charge on any atom is 0.224 e. The zero-order valence-corrected chi connectivity index (χ0v) is 13.5. The van der Waals surface area contributed by atoms with Crippen molar-refractivity contribution in [2.75, 3.05) is 26.2 Å². The molecule has 3 aliphatic heterocycles. The fourth-order valence-electron chi connectivity index (χ4n) is 3.42. The minimum atomic E-state index is 0.182. The first-order chi connectivity index (χ1) is 10.1. The van der Waals surface area contributed by atoms with Gasteiger partial charge in [0.15, 0.2) is 0 Å². The van der Waals surface area contributed by atoms with Crippen LogP contribution in [0, 0.1) is 11.8 Å². The fourth-order valence-corrected chi connectivity index (χ4v) is 3.74. The molecule has 1 aromatic carbocycles. The maximum absolute atomic E-state index is 12.3. The van der Waals surface area contributed by atoms with Crippen molar-refractivity contribution in [1.29, 1.82) is 0 Å². The van der Waals surface area contributed by atoms with Crippen LogP contribution in [0.3, 0.4) is 0 Å². The number of amides is 1. The molecule has 5 heteroatoms. The second-order valence-electron chi connectivity index (χ2n) is 6.03. The molecule has 3 fully saturated rings. The van der Waals surface area contributed by atoms with E-state index in [-0.39, 0.29) is 11.8 Å². The van der Waals surface area contributed by atoms with E-state index in [1.54, 1.807) is 6.07 Å². The van der Waals surface area contributed by atoms with Gasteiger partial charge >= 0.3 is 0 Å². The van der Waals surface area contributed by atoms with E-state index in [9.17, 15) is 4.79 Å². The Morgan fingerprint density at radius 1 is 1.24 bits per heavy atom. The molecule has 4 rings (SSSR count). The van der Waals surface area contributed by atoms with Crippen LogP contribution in [-0.4, -0.2) is 37.0 Å². The third-order valence-electron chi connectivity index (χ3n) is 4.69. The van der Waals surface area contributed by atoms with Gasteiger partial charge in [-0.15, -0.1) is 0 Å². The summed E-state index contributed by atoms with van der Waals surface area (Å²) < 4.78 is 0. The van der Waals surface area contributed by atoms with E-state index in [2.05, 4.69) is 10.2 Å². The van der Waals surface area contributed by atoms with Gasteiger partial charge in [0.05, 0.1) is 16.0 Å². The van der Waals surface area contributed by atoms with Gasteiger partial charge < -0.3 is 10.2 Å². The lowest BCUT2D eigenvalue weighted by atomic mass is 9.78. The van der Waals surface area contributed by atoms with Crippen LogP contribution in [0.15, 0.2) is 18.2 Å². The summed E-state index contributed by atoms with van der Waals surface area (Å²) in [4.78, 5) is 14.7. The summed E-state index contributed by atoms with van der Waals surface area (Å²) in [6, 6.07) is 5.62. The van der Waals surface area contributed by atoms with Gasteiger partial charge in [-0.3, -0.25) is 4.79 Å². The van der Waals surface area contributed by atoms with Crippen molar-refractivity contribution in [2.24, 2.45) is 11.8 Å². The third kappa shape index (κ3) is 3.53. The van der Waals surface area contributed by atoms with Gasteiger partial charge in [0, 0.05) is 13.1 Å². The number of benzene rings is 1. The van der Waals surface area contributed by atoms with Crippen molar-refractivity contribution >= 4 is 29.1 Å². The Balaban J connectivity index is 1.48. The molecule has 2 bridgehead atoms. The lowest BCUT2D eigenvalue weighted by Gasteiger charge is -2.43. The molecular formula is C16H20Cl2N2O. The number of hydrogen-bond acceptors (Lipinski definition) is 2. The van der Waals surface area contributed by atoms with Crippen LogP contribution in [0.25, 0.3) is 0 Å². The van der Waals surface area contributed by atoms with E-state index in [4.69, 9.17) is 23.2 Å². The van der Waals surface area contributed by atoms with Crippen LogP contribution < -0.4 is 5.32 Å². The van der Waals surface area contributed by atoms with E-state index in [1.807, 2.05) is 12.1 Å². The normalized spacial score (nSPS) is 27.6. The third-order valence-corrected chi connectivity index (χ3v) is 5.43. The number of halogens is 2. The number of carbonyl (C=O) groups is 1. The van der Waals surface area contributed by atoms with E-state index in [1.165, 1.54) is 12.8 Å². The summed E-state index contributed by atoms with van der Waals surface area (Å²) in [6.07, 6.45) is 3.12. The highest BCUT2D eigenvalue weighted by molar-refractivity contribution is 6.42. The highest BCUT2D eigenvalue weighted by Crippen LogP contribution is 2.32. The number of hydrogen-bond donors (Lipinski definition) is 1. The molecule has 3 aliphatic rings. The quantitative estimate of drug-likeness (QED) is 0.922. The highest BCUT2D eigenvalue weighted by atomic mass is 35.5. The van der Waals surface area contributed by atoms with Crippen molar-refractivity contribution in [2.45, 2.75) is 19.3 Å². The second-order valence-corrected chi connectivity index (χ2v) is 6.85. The first-order valence-electron chi connectivity index (χ1n) is 7.57. The van der Waals surface area contributed by atoms with Crippen LogP contribution in [0.5, 0.6) is 0 Å². The summed E-state index contributed by atoms with van der Waals surface area (Å²) in [5.74, 6) is 0.978. The molecule has 0 aliphatic carbocycles. The number of fused-ring (bicyclic) bond motifs is 3. The molecule has 1 unspecified atom stereocenters. The molecule has 0 saturated carbocycles. The molecule has 1 N–H and O–H groups in total. The first kappa shape index (κ1) is 15.1. The minimum absolute atomic E-state index is 0.182. The molecule has 1 aromatic rings. The van der Waals surface area contributed by atoms with Crippen molar-refractivity contribution in [3.05, 3.63) is 33.8 Å². The zero-order valence-electron chi connectivity index (χ0n) is 11.9. The fraction of sp³-hybridized carbons (Fsp3) is 0.562. The molecule has 1 amide bonds. The number of nitrogens with one attached hydrogen (secondary N) is 1. The van der Waals surface area contributed by atoms with Gasteiger partial charge in [-0.05, 0) is 56.0 Å². The summed E-state index contributed by atoms with van der Waals surface area (Å²) in [6.45, 7) is 3.92. The standard InChI is InChI=1S/C16H20Cl2N2O/c17-14-2-1-11(9-15(14)18)3-6-19-16(21)13-10-20-7-4-12(13)5-8-20/h1-2,9,12-13H,3-8,10H2,(H,19,21). The molecular weight excluding hydrogens is 307 g/mol. The predicted octanol–water partition coefficient (Wildman–Crippen LogP) is 2.99. The average Bonchev–Trinajstić information content (AvgIpc) is 2.52. The van der Waals surface area contributed by atoms with Gasteiger partial charge in [-0.2, -0.15) is 0 Å². The van der Waals surface area contributed by atoms with Crippen LogP contribution >= 0.6 is 23.2 Å². The van der Waals surface area contributed by atoms with Crippen molar-refractivity contribution in [3.63, 3.8) is 0 Å². The van der Waals surface area contributed by atoms with Gasteiger partial charge in [0.1, 0.15) is 0 Å². The van der Waals surface area contributed by atoms with Crippen molar-refractivity contribution in [3.8, 4) is 0 Å². The van der Waals surface area contributed by atoms with Gasteiger partial charge in [0.2, 0.25) is 5.91 Å². The molecule has 114 valence electrons. The summed E-state index contributed by atoms with van der Waals surface area (Å²) in [7, 11) is 0. The van der Waals surface area contributed by atoms with E-state index in [0.717, 1.165) is 31.6 Å². The summed E-state index contributed by atoms with van der Waals surface area (Å²) in [5.41, 5.74) is 1.10. The predicted molar refractivity (Wildman–Crippen MR) is 85.8 cm³/mol. The number of nitrogens with zero attached hydrogens (tertiary/aromatic N) is 1. The van der Waals surface area contributed by atoms with Gasteiger partial charge in [0.25, 0.3) is 0 Å². The average molecular weight is 327 g/mol. The topological polar surface area (TPSA) is 32.3 Å². The van der Waals surface area contributed by atoms with Gasteiger partial charge in [-0.25, -0.2) is 0 Å². The van der Waals surface area contributed by atoms with Crippen LogP contribution in [0.4, 0.5) is 0 Å². The van der Waals surface area contributed by atoms with E-state index in [0.29, 0.717) is 22.5 Å². The molecule has 0 radical (unpaired) electrons. The summed E-state index contributed by atoms with van der Waals surface area (Å²) >= 11 is 11.9. The van der Waals surface area contributed by atoms with Crippen LogP contribution in [0.2, 0.25) is 10.0 Å². The van der Waals surface area contributed by atoms with Crippen LogP contribution in [0.1, 0.15) is 18.4 Å². The Labute approximate surface area is 135 Å². The maximum atomic E-state index is 12.3. The molecule has 0 aromatic heterocycles. The molecule has 21 heavy (non-hydrogen) atoms. The van der Waals surface area contributed by atoms with E-state index < -0.39 is 0 Å². The lowest BCUT2D eigenvalue weighted by molar-refractivity contribution is -0.131. The Morgan fingerprint density at radius 3 is 2.62 bits per heavy atom. The van der Waals surface area contributed by atoms with E-state index >= 15 is 0 Å². The zero-order chi connectivity index (χ0) is 14.8. The minimum Gasteiger partial charge on any atom is -0.355 e. The Kier molecular flexibility index (Phi) is 4.72. The second kappa shape index (κ2) is 6.55. The molecule has 0 spiro atoms.